The standard InChI is InChI=1S/C33H39N3O4S/c1-4-16-34-17-8-12-26-27(30(34)38)28-31(39)36(25(20-37)21(3)5-2)29-32(40)35(18-9-15-33(28,29)41-26)24-14-13-22-10-6-7-11-23(22)19-24/h6-15,19,21,25-29,37H,4-5,16-18,20H2,1-3H3/t21-,25-,26+,27-,28-,29?,33-/m0/s1. The van der Waals surface area contributed by atoms with Gasteiger partial charge in [-0.1, -0.05) is 81.8 Å². The van der Waals surface area contributed by atoms with Crippen molar-refractivity contribution in [2.75, 3.05) is 31.1 Å². The summed E-state index contributed by atoms with van der Waals surface area (Å²) in [4.78, 5) is 48.7. The molecule has 2 aromatic rings. The summed E-state index contributed by atoms with van der Waals surface area (Å²) >= 11 is 1.59. The van der Waals surface area contributed by atoms with Crippen molar-refractivity contribution in [2.45, 2.75) is 55.7 Å². The number of anilines is 1. The minimum atomic E-state index is -0.898. The Morgan fingerprint density at radius 2 is 1.78 bits per heavy atom. The van der Waals surface area contributed by atoms with E-state index in [1.807, 2.05) is 73.4 Å². The van der Waals surface area contributed by atoms with Gasteiger partial charge in [0.15, 0.2) is 0 Å². The van der Waals surface area contributed by atoms with Gasteiger partial charge in [-0.3, -0.25) is 14.4 Å². The smallest absolute Gasteiger partial charge is 0.251 e. The van der Waals surface area contributed by atoms with Crippen LogP contribution >= 0.6 is 11.8 Å². The van der Waals surface area contributed by atoms with Crippen molar-refractivity contribution in [2.24, 2.45) is 17.8 Å². The van der Waals surface area contributed by atoms with E-state index in [1.54, 1.807) is 21.6 Å². The molecule has 1 unspecified atom stereocenters. The van der Waals surface area contributed by atoms with Gasteiger partial charge in [-0.2, -0.15) is 0 Å². The van der Waals surface area contributed by atoms with E-state index in [2.05, 4.69) is 19.1 Å². The van der Waals surface area contributed by atoms with Crippen LogP contribution < -0.4 is 4.90 Å². The number of hydrogen-bond acceptors (Lipinski definition) is 5. The molecule has 8 heteroatoms. The maximum atomic E-state index is 14.8. The third-order valence-electron chi connectivity index (χ3n) is 9.56. The first-order valence-electron chi connectivity index (χ1n) is 14.9. The van der Waals surface area contributed by atoms with Crippen LogP contribution in [0.4, 0.5) is 5.69 Å². The second kappa shape index (κ2) is 11.0. The van der Waals surface area contributed by atoms with Crippen molar-refractivity contribution in [3.05, 3.63) is 66.8 Å². The van der Waals surface area contributed by atoms with Crippen LogP contribution in [-0.2, 0) is 14.4 Å². The lowest BCUT2D eigenvalue weighted by molar-refractivity contribution is -0.145. The maximum Gasteiger partial charge on any atom is 0.251 e. The minimum absolute atomic E-state index is 0.00857. The highest BCUT2D eigenvalue weighted by molar-refractivity contribution is 8.02. The summed E-state index contributed by atoms with van der Waals surface area (Å²) < 4.78 is -0.898. The molecule has 216 valence electrons. The number of rotatable bonds is 7. The van der Waals surface area contributed by atoms with Crippen LogP contribution in [0.3, 0.4) is 0 Å². The van der Waals surface area contributed by atoms with Gasteiger partial charge in [-0.15, -0.1) is 11.8 Å². The van der Waals surface area contributed by atoms with E-state index >= 15 is 0 Å². The molecular formula is C33H39N3O4S. The Bertz CT molecular complexity index is 1420. The van der Waals surface area contributed by atoms with Crippen LogP contribution in [0.5, 0.6) is 0 Å². The molecule has 1 N–H and O–H groups in total. The lowest BCUT2D eigenvalue weighted by atomic mass is 9.78. The lowest BCUT2D eigenvalue weighted by Crippen LogP contribution is -2.58. The fourth-order valence-corrected chi connectivity index (χ4v) is 9.34. The molecule has 7 nitrogen and oxygen atoms in total. The average molecular weight is 574 g/mol. The number of aliphatic hydroxyl groups is 1. The second-order valence-corrected chi connectivity index (χ2v) is 13.3. The topological polar surface area (TPSA) is 81.2 Å². The zero-order valence-corrected chi connectivity index (χ0v) is 24.8. The van der Waals surface area contributed by atoms with Gasteiger partial charge in [0.1, 0.15) is 6.04 Å². The number of carbonyl (C=O) groups is 3. The summed E-state index contributed by atoms with van der Waals surface area (Å²) in [6, 6.07) is 12.7. The number of hydrogen-bond donors (Lipinski definition) is 1. The van der Waals surface area contributed by atoms with E-state index in [4.69, 9.17) is 0 Å². The average Bonchev–Trinajstić information content (AvgIpc) is 3.30. The number of amides is 3. The van der Waals surface area contributed by atoms with Crippen molar-refractivity contribution in [1.29, 1.82) is 0 Å². The SMILES string of the molecule is CCCN1CC=C[C@H]2S[C@]34C=CCN(c5ccc6ccccc6c5)C(=O)C3N([C@@H](CO)[C@@H](C)CC)C(=O)[C@@H]4[C@H]2C1=O. The summed E-state index contributed by atoms with van der Waals surface area (Å²) in [6.45, 7) is 7.42. The zero-order valence-electron chi connectivity index (χ0n) is 24.0. The number of likely N-dealkylation sites (tertiary alicyclic amines) is 1. The molecule has 4 aliphatic rings. The molecule has 0 bridgehead atoms. The number of thioether (sulfide) groups is 1. The molecular weight excluding hydrogens is 534 g/mol. The Balaban J connectivity index is 1.48. The summed E-state index contributed by atoms with van der Waals surface area (Å²) in [5.41, 5.74) is 0.776. The van der Waals surface area contributed by atoms with Gasteiger partial charge < -0.3 is 19.8 Å². The first-order chi connectivity index (χ1) is 19.9. The van der Waals surface area contributed by atoms with Crippen LogP contribution in [0.25, 0.3) is 10.8 Å². The van der Waals surface area contributed by atoms with E-state index in [9.17, 15) is 19.5 Å². The van der Waals surface area contributed by atoms with E-state index in [-0.39, 0.29) is 35.5 Å². The van der Waals surface area contributed by atoms with E-state index in [1.165, 1.54) is 0 Å². The van der Waals surface area contributed by atoms with Crippen molar-refractivity contribution in [3.63, 3.8) is 0 Å². The Morgan fingerprint density at radius 3 is 2.51 bits per heavy atom. The van der Waals surface area contributed by atoms with Crippen LogP contribution in [0.1, 0.15) is 33.6 Å². The molecule has 0 radical (unpaired) electrons. The van der Waals surface area contributed by atoms with E-state index < -0.39 is 28.7 Å². The third-order valence-corrected chi connectivity index (χ3v) is 11.3. The molecule has 2 aromatic carbocycles. The largest absolute Gasteiger partial charge is 0.394 e. The van der Waals surface area contributed by atoms with Crippen molar-refractivity contribution in [1.82, 2.24) is 9.80 Å². The number of fused-ring (bicyclic) bond motifs is 3. The predicted octanol–water partition coefficient (Wildman–Crippen LogP) is 4.26. The van der Waals surface area contributed by atoms with Gasteiger partial charge >= 0.3 is 0 Å². The summed E-state index contributed by atoms with van der Waals surface area (Å²) in [7, 11) is 0. The van der Waals surface area contributed by atoms with Crippen molar-refractivity contribution in [3.8, 4) is 0 Å². The lowest BCUT2D eigenvalue weighted by Gasteiger charge is -2.40. The molecule has 0 aliphatic carbocycles. The van der Waals surface area contributed by atoms with Gasteiger partial charge in [0, 0.05) is 30.6 Å². The van der Waals surface area contributed by atoms with Gasteiger partial charge in [-0.05, 0) is 35.2 Å². The minimum Gasteiger partial charge on any atom is -0.394 e. The Kier molecular flexibility index (Phi) is 7.49. The van der Waals surface area contributed by atoms with Crippen LogP contribution in [0, 0.1) is 17.8 Å². The number of benzene rings is 2. The normalized spacial score (nSPS) is 30.7. The highest BCUT2D eigenvalue weighted by Crippen LogP contribution is 2.61. The number of carbonyl (C=O) groups excluding carboxylic acids is 3. The second-order valence-electron chi connectivity index (χ2n) is 11.8. The number of aliphatic hydroxyl groups excluding tert-OH is 1. The van der Waals surface area contributed by atoms with Gasteiger partial charge in [0.2, 0.25) is 11.8 Å². The van der Waals surface area contributed by atoms with Gasteiger partial charge in [0.25, 0.3) is 5.91 Å². The first kappa shape index (κ1) is 28.0. The van der Waals surface area contributed by atoms with Gasteiger partial charge in [0.05, 0.1) is 29.2 Å². The van der Waals surface area contributed by atoms with Crippen LogP contribution in [-0.4, -0.2) is 80.9 Å². The molecule has 4 aliphatic heterocycles. The van der Waals surface area contributed by atoms with Crippen molar-refractivity contribution < 1.29 is 19.5 Å². The van der Waals surface area contributed by atoms with Crippen LogP contribution in [0.15, 0.2) is 66.8 Å². The molecule has 41 heavy (non-hydrogen) atoms. The number of nitrogens with zero attached hydrogens (tertiary/aromatic N) is 3. The van der Waals surface area contributed by atoms with E-state index in [0.29, 0.717) is 19.6 Å². The Hall–Kier alpha value is -3.10. The molecule has 2 fully saturated rings. The highest BCUT2D eigenvalue weighted by atomic mass is 32.2. The maximum absolute atomic E-state index is 14.8. The van der Waals surface area contributed by atoms with Gasteiger partial charge in [-0.25, -0.2) is 0 Å². The summed E-state index contributed by atoms with van der Waals surface area (Å²) in [6.07, 6.45) is 9.76. The summed E-state index contributed by atoms with van der Waals surface area (Å²) in [5.74, 6) is -1.60. The van der Waals surface area contributed by atoms with Crippen molar-refractivity contribution >= 4 is 45.9 Å². The third kappa shape index (κ3) is 4.33. The predicted molar refractivity (Wildman–Crippen MR) is 164 cm³/mol. The monoisotopic (exact) mass is 573 g/mol. The Labute approximate surface area is 246 Å². The fraction of sp³-hybridized carbons (Fsp3) is 0.485. The molecule has 3 amide bonds. The highest BCUT2D eigenvalue weighted by Gasteiger charge is 2.72. The molecule has 2 saturated heterocycles. The fourth-order valence-electron chi connectivity index (χ4n) is 7.35. The summed E-state index contributed by atoms with van der Waals surface area (Å²) in [5, 5.41) is 12.6. The molecule has 1 spiro atoms. The zero-order chi connectivity index (χ0) is 28.9. The molecule has 7 atom stereocenters. The Morgan fingerprint density at radius 1 is 1.00 bits per heavy atom. The molecule has 0 saturated carbocycles. The first-order valence-corrected chi connectivity index (χ1v) is 15.8. The molecule has 0 aromatic heterocycles. The van der Waals surface area contributed by atoms with Crippen LogP contribution in [0.2, 0.25) is 0 Å². The molecule has 6 rings (SSSR count). The molecule has 4 heterocycles. The quantitative estimate of drug-likeness (QED) is 0.501. The van der Waals surface area contributed by atoms with E-state index in [0.717, 1.165) is 29.3 Å².